The lowest BCUT2D eigenvalue weighted by molar-refractivity contribution is 0.238. The highest BCUT2D eigenvalue weighted by Gasteiger charge is 2.28. The first-order valence-corrected chi connectivity index (χ1v) is 6.04. The zero-order chi connectivity index (χ0) is 11.7. The van der Waals surface area contributed by atoms with Gasteiger partial charge >= 0.3 is 0 Å². The third-order valence-electron chi connectivity index (χ3n) is 4.08. The molecule has 0 nitrogen and oxygen atoms in total. The summed E-state index contributed by atoms with van der Waals surface area (Å²) in [6, 6.07) is 4.35. The molecule has 1 aliphatic carbocycles. The summed E-state index contributed by atoms with van der Waals surface area (Å²) in [6.45, 7) is 4.46. The maximum absolute atomic E-state index is 13.2. The third kappa shape index (κ3) is 2.11. The normalized spacial score (nSPS) is 30.4. The van der Waals surface area contributed by atoms with Crippen LogP contribution in [-0.4, -0.2) is 0 Å². The molecule has 0 N–H and O–H groups in total. The summed E-state index contributed by atoms with van der Waals surface area (Å²) < 4.78 is 26.0. The van der Waals surface area contributed by atoms with Gasteiger partial charge < -0.3 is 0 Å². The van der Waals surface area contributed by atoms with Crippen LogP contribution in [0, 0.1) is 23.5 Å². The van der Waals surface area contributed by atoms with E-state index >= 15 is 0 Å². The van der Waals surface area contributed by atoms with Gasteiger partial charge in [0, 0.05) is 0 Å². The van der Waals surface area contributed by atoms with E-state index < -0.39 is 11.6 Å². The minimum Gasteiger partial charge on any atom is -0.204 e. The molecule has 1 aromatic carbocycles. The van der Waals surface area contributed by atoms with Gasteiger partial charge in [-0.2, -0.15) is 0 Å². The van der Waals surface area contributed by atoms with E-state index in [9.17, 15) is 8.78 Å². The van der Waals surface area contributed by atoms with Gasteiger partial charge in [-0.3, -0.25) is 0 Å². The predicted octanol–water partition coefficient (Wildman–Crippen LogP) is 4.50. The van der Waals surface area contributed by atoms with Crippen LogP contribution in [0.2, 0.25) is 0 Å². The number of hydrogen-bond acceptors (Lipinski definition) is 0. The smallest absolute Gasteiger partial charge is 0.159 e. The van der Waals surface area contributed by atoms with E-state index in [0.717, 1.165) is 12.0 Å². The lowest BCUT2D eigenvalue weighted by Gasteiger charge is -2.34. The van der Waals surface area contributed by atoms with E-state index in [1.165, 1.54) is 25.0 Å². The fourth-order valence-corrected chi connectivity index (χ4v) is 2.80. The lowest BCUT2D eigenvalue weighted by atomic mass is 9.71. The summed E-state index contributed by atoms with van der Waals surface area (Å²) >= 11 is 0. The van der Waals surface area contributed by atoms with E-state index in [1.54, 1.807) is 6.07 Å². The summed E-state index contributed by atoms with van der Waals surface area (Å²) in [7, 11) is 0. The average molecular weight is 224 g/mol. The molecule has 0 amide bonds. The molecule has 1 fully saturated rings. The molecule has 1 aliphatic rings. The van der Waals surface area contributed by atoms with Crippen LogP contribution in [0.1, 0.15) is 44.6 Å². The molecule has 3 unspecified atom stereocenters. The molecule has 1 aromatic rings. The molecule has 0 saturated heterocycles. The van der Waals surface area contributed by atoms with Gasteiger partial charge in [0.1, 0.15) is 0 Å². The Morgan fingerprint density at radius 2 is 1.81 bits per heavy atom. The van der Waals surface area contributed by atoms with Gasteiger partial charge in [-0.25, -0.2) is 8.78 Å². The summed E-state index contributed by atoms with van der Waals surface area (Å²) in [4.78, 5) is 0. The Morgan fingerprint density at radius 1 is 1.06 bits per heavy atom. The molecular formula is C14H18F2. The number of hydrogen-bond donors (Lipinski definition) is 0. The van der Waals surface area contributed by atoms with Crippen LogP contribution in [0.5, 0.6) is 0 Å². The fourth-order valence-electron chi connectivity index (χ4n) is 2.80. The van der Waals surface area contributed by atoms with Crippen LogP contribution in [0.3, 0.4) is 0 Å². The van der Waals surface area contributed by atoms with Gasteiger partial charge in [0.05, 0.1) is 0 Å². The summed E-state index contributed by atoms with van der Waals surface area (Å²) in [5, 5.41) is 0. The first-order chi connectivity index (χ1) is 7.59. The summed E-state index contributed by atoms with van der Waals surface area (Å²) in [5.74, 6) is 0.146. The highest BCUT2D eigenvalue weighted by atomic mass is 19.2. The summed E-state index contributed by atoms with van der Waals surface area (Å²) in [5.41, 5.74) is 0.956. The number of halogens is 2. The zero-order valence-electron chi connectivity index (χ0n) is 9.84. The van der Waals surface area contributed by atoms with E-state index in [-0.39, 0.29) is 0 Å². The molecule has 16 heavy (non-hydrogen) atoms. The van der Waals surface area contributed by atoms with Gasteiger partial charge in [0.25, 0.3) is 0 Å². The lowest BCUT2D eigenvalue weighted by Crippen LogP contribution is -2.22. The Hall–Kier alpha value is -0.920. The van der Waals surface area contributed by atoms with Crippen LogP contribution < -0.4 is 0 Å². The third-order valence-corrected chi connectivity index (χ3v) is 4.08. The summed E-state index contributed by atoms with van der Waals surface area (Å²) in [6.07, 6.45) is 3.53. The molecule has 0 bridgehead atoms. The molecule has 0 spiro atoms. The molecule has 0 aliphatic heterocycles. The quantitative estimate of drug-likeness (QED) is 0.658. The molecule has 0 heterocycles. The molecule has 88 valence electrons. The van der Waals surface area contributed by atoms with E-state index in [4.69, 9.17) is 0 Å². The van der Waals surface area contributed by atoms with E-state index in [0.29, 0.717) is 17.8 Å². The van der Waals surface area contributed by atoms with E-state index in [1.807, 2.05) is 0 Å². The minimum absolute atomic E-state index is 0.388. The van der Waals surface area contributed by atoms with Crippen molar-refractivity contribution in [3.8, 4) is 0 Å². The van der Waals surface area contributed by atoms with Crippen molar-refractivity contribution in [2.75, 3.05) is 0 Å². The van der Waals surface area contributed by atoms with Crippen LogP contribution in [0.4, 0.5) is 8.78 Å². The average Bonchev–Trinajstić information content (AvgIpc) is 2.26. The molecule has 0 radical (unpaired) electrons. The van der Waals surface area contributed by atoms with Crippen molar-refractivity contribution in [2.24, 2.45) is 11.8 Å². The van der Waals surface area contributed by atoms with Crippen molar-refractivity contribution in [3.63, 3.8) is 0 Å². The maximum atomic E-state index is 13.2. The topological polar surface area (TPSA) is 0 Å². The van der Waals surface area contributed by atoms with Crippen LogP contribution in [0.15, 0.2) is 18.2 Å². The largest absolute Gasteiger partial charge is 0.204 e. The van der Waals surface area contributed by atoms with Gasteiger partial charge in [-0.05, 0) is 41.9 Å². The minimum atomic E-state index is -0.750. The monoisotopic (exact) mass is 224 g/mol. The Morgan fingerprint density at radius 3 is 2.50 bits per heavy atom. The van der Waals surface area contributed by atoms with Crippen molar-refractivity contribution < 1.29 is 8.78 Å². The Kier molecular flexibility index (Phi) is 3.27. The highest BCUT2D eigenvalue weighted by Crippen LogP contribution is 2.40. The number of rotatable bonds is 1. The second-order valence-electron chi connectivity index (χ2n) is 5.05. The van der Waals surface area contributed by atoms with Gasteiger partial charge in [0.15, 0.2) is 11.6 Å². The standard InChI is InChI=1S/C14H18F2/c1-9-4-3-5-12(10(9)2)11-6-7-13(15)14(16)8-11/h6-10,12H,3-5H2,1-2H3. The highest BCUT2D eigenvalue weighted by molar-refractivity contribution is 5.23. The van der Waals surface area contributed by atoms with Gasteiger partial charge in [0.2, 0.25) is 0 Å². The Bertz CT molecular complexity index is 373. The zero-order valence-corrected chi connectivity index (χ0v) is 9.84. The Balaban J connectivity index is 2.25. The first kappa shape index (κ1) is 11.6. The molecule has 2 heteroatoms. The van der Waals surface area contributed by atoms with Crippen molar-refractivity contribution in [3.05, 3.63) is 35.4 Å². The molecule has 3 atom stereocenters. The van der Waals surface area contributed by atoms with Crippen molar-refractivity contribution in [1.29, 1.82) is 0 Å². The second-order valence-corrected chi connectivity index (χ2v) is 5.05. The van der Waals surface area contributed by atoms with Crippen molar-refractivity contribution in [1.82, 2.24) is 0 Å². The molecule has 2 rings (SSSR count). The second kappa shape index (κ2) is 4.52. The van der Waals surface area contributed by atoms with Gasteiger partial charge in [-0.1, -0.05) is 32.8 Å². The van der Waals surface area contributed by atoms with Crippen molar-refractivity contribution >= 4 is 0 Å². The first-order valence-electron chi connectivity index (χ1n) is 6.04. The number of benzene rings is 1. The predicted molar refractivity (Wildman–Crippen MR) is 61.3 cm³/mol. The molecule has 1 saturated carbocycles. The van der Waals surface area contributed by atoms with Crippen LogP contribution >= 0.6 is 0 Å². The van der Waals surface area contributed by atoms with Crippen LogP contribution in [-0.2, 0) is 0 Å². The molecular weight excluding hydrogens is 206 g/mol. The van der Waals surface area contributed by atoms with E-state index in [2.05, 4.69) is 13.8 Å². The SMILES string of the molecule is CC1CCCC(c2ccc(F)c(F)c2)C1C. The van der Waals surface area contributed by atoms with Gasteiger partial charge in [-0.15, -0.1) is 0 Å². The fraction of sp³-hybridized carbons (Fsp3) is 0.571. The maximum Gasteiger partial charge on any atom is 0.159 e. The van der Waals surface area contributed by atoms with Crippen molar-refractivity contribution in [2.45, 2.75) is 39.0 Å². The Labute approximate surface area is 95.7 Å². The molecule has 0 aromatic heterocycles. The van der Waals surface area contributed by atoms with Crippen LogP contribution in [0.25, 0.3) is 0 Å².